The predicted molar refractivity (Wildman–Crippen MR) is 115 cm³/mol. The summed E-state index contributed by atoms with van der Waals surface area (Å²) in [6.07, 6.45) is 1.46. The SMILES string of the molecule is CCOC(=O)c1cnn(-c2ccc(C(=O)Nc3cccc(C(=O)OC)c3C)cc2)c1C. The second-order valence-corrected chi connectivity index (χ2v) is 6.75. The van der Waals surface area contributed by atoms with Crippen LogP contribution in [-0.2, 0) is 9.47 Å². The van der Waals surface area contributed by atoms with Crippen LogP contribution in [0.25, 0.3) is 5.69 Å². The lowest BCUT2D eigenvalue weighted by Crippen LogP contribution is -2.14. The standard InChI is InChI=1S/C23H23N3O5/c1-5-31-23(29)19-13-24-26(15(19)3)17-11-9-16(10-12-17)21(27)25-20-8-6-7-18(14(20)2)22(28)30-4/h6-13H,5H2,1-4H3,(H,25,27). The topological polar surface area (TPSA) is 99.5 Å². The number of nitrogens with zero attached hydrogens (tertiary/aromatic N) is 2. The maximum Gasteiger partial charge on any atom is 0.341 e. The van der Waals surface area contributed by atoms with Gasteiger partial charge in [0.05, 0.1) is 36.9 Å². The molecule has 0 aliphatic heterocycles. The molecule has 8 nitrogen and oxygen atoms in total. The van der Waals surface area contributed by atoms with Crippen LogP contribution >= 0.6 is 0 Å². The molecule has 3 aromatic rings. The van der Waals surface area contributed by atoms with Crippen LogP contribution in [0.5, 0.6) is 0 Å². The summed E-state index contributed by atoms with van der Waals surface area (Å²) in [7, 11) is 1.31. The molecule has 0 radical (unpaired) electrons. The highest BCUT2D eigenvalue weighted by molar-refractivity contribution is 6.05. The van der Waals surface area contributed by atoms with E-state index in [2.05, 4.69) is 10.4 Å². The molecule has 1 amide bonds. The normalized spacial score (nSPS) is 10.5. The van der Waals surface area contributed by atoms with Crippen LogP contribution < -0.4 is 5.32 Å². The molecule has 1 aromatic heterocycles. The Morgan fingerprint density at radius 1 is 1.00 bits per heavy atom. The van der Waals surface area contributed by atoms with Gasteiger partial charge in [-0.15, -0.1) is 0 Å². The summed E-state index contributed by atoms with van der Waals surface area (Å²) < 4.78 is 11.4. The number of hydrogen-bond acceptors (Lipinski definition) is 6. The lowest BCUT2D eigenvalue weighted by atomic mass is 10.1. The fraction of sp³-hybridized carbons (Fsp3) is 0.217. The van der Waals surface area contributed by atoms with Gasteiger partial charge in [-0.3, -0.25) is 4.79 Å². The molecule has 8 heteroatoms. The minimum absolute atomic E-state index is 0.287. The second-order valence-electron chi connectivity index (χ2n) is 6.75. The van der Waals surface area contributed by atoms with E-state index < -0.39 is 11.9 Å². The minimum Gasteiger partial charge on any atom is -0.465 e. The average molecular weight is 421 g/mol. The van der Waals surface area contributed by atoms with Gasteiger partial charge in [-0.25, -0.2) is 14.3 Å². The summed E-state index contributed by atoms with van der Waals surface area (Å²) in [5, 5.41) is 7.07. The van der Waals surface area contributed by atoms with Gasteiger partial charge < -0.3 is 14.8 Å². The summed E-state index contributed by atoms with van der Waals surface area (Å²) in [4.78, 5) is 36.5. The van der Waals surface area contributed by atoms with Crippen molar-refractivity contribution in [2.24, 2.45) is 0 Å². The Hall–Kier alpha value is -3.94. The molecule has 0 saturated heterocycles. The number of nitrogens with one attached hydrogen (secondary N) is 1. The molecule has 0 atom stereocenters. The molecule has 160 valence electrons. The van der Waals surface area contributed by atoms with E-state index in [1.165, 1.54) is 13.3 Å². The van der Waals surface area contributed by atoms with E-state index in [0.717, 1.165) is 0 Å². The molecule has 3 rings (SSSR count). The third-order valence-corrected chi connectivity index (χ3v) is 4.87. The molecule has 0 spiro atoms. The number of anilines is 1. The Balaban J connectivity index is 1.79. The molecule has 0 unspecified atom stereocenters. The molecule has 0 aliphatic carbocycles. The molecule has 2 aromatic carbocycles. The van der Waals surface area contributed by atoms with E-state index in [9.17, 15) is 14.4 Å². The first-order chi connectivity index (χ1) is 14.9. The summed E-state index contributed by atoms with van der Waals surface area (Å²) in [6, 6.07) is 11.8. The third-order valence-electron chi connectivity index (χ3n) is 4.87. The Labute approximate surface area is 179 Å². The summed E-state index contributed by atoms with van der Waals surface area (Å²) in [5.41, 5.74) is 3.71. The van der Waals surface area contributed by atoms with Gasteiger partial charge in [-0.2, -0.15) is 5.10 Å². The molecule has 0 saturated carbocycles. The number of carbonyl (C=O) groups excluding carboxylic acids is 3. The third kappa shape index (κ3) is 4.48. The van der Waals surface area contributed by atoms with Crippen molar-refractivity contribution < 1.29 is 23.9 Å². The van der Waals surface area contributed by atoms with Gasteiger partial charge in [0.1, 0.15) is 5.56 Å². The van der Waals surface area contributed by atoms with Crippen LogP contribution in [0.4, 0.5) is 5.69 Å². The maximum atomic E-state index is 12.7. The smallest absolute Gasteiger partial charge is 0.341 e. The number of aromatic nitrogens is 2. The Morgan fingerprint density at radius 3 is 2.35 bits per heavy atom. The molecule has 31 heavy (non-hydrogen) atoms. The zero-order chi connectivity index (χ0) is 22.5. The van der Waals surface area contributed by atoms with E-state index >= 15 is 0 Å². The van der Waals surface area contributed by atoms with Gasteiger partial charge in [0.15, 0.2) is 0 Å². The molecule has 1 N–H and O–H groups in total. The maximum absolute atomic E-state index is 12.7. The van der Waals surface area contributed by atoms with Gasteiger partial charge in [0.2, 0.25) is 0 Å². The predicted octanol–water partition coefficient (Wildman–Crippen LogP) is 3.70. The van der Waals surface area contributed by atoms with Gasteiger partial charge in [-0.1, -0.05) is 6.07 Å². The van der Waals surface area contributed by atoms with Crippen molar-refractivity contribution in [3.05, 3.63) is 76.6 Å². The second kappa shape index (κ2) is 9.25. The number of ether oxygens (including phenoxy) is 2. The van der Waals surface area contributed by atoms with Crippen LogP contribution in [0.3, 0.4) is 0 Å². The molecule has 0 bridgehead atoms. The van der Waals surface area contributed by atoms with E-state index in [0.29, 0.717) is 39.3 Å². The highest BCUT2D eigenvalue weighted by Gasteiger charge is 2.17. The van der Waals surface area contributed by atoms with Gasteiger partial charge in [-0.05, 0) is 62.7 Å². The quantitative estimate of drug-likeness (QED) is 0.609. The fourth-order valence-corrected chi connectivity index (χ4v) is 3.13. The number of methoxy groups -OCH3 is 1. The van der Waals surface area contributed by atoms with Crippen LogP contribution in [0.2, 0.25) is 0 Å². The van der Waals surface area contributed by atoms with E-state index in [1.54, 1.807) is 67.9 Å². The van der Waals surface area contributed by atoms with Gasteiger partial charge in [0.25, 0.3) is 5.91 Å². The lowest BCUT2D eigenvalue weighted by Gasteiger charge is -2.12. The highest BCUT2D eigenvalue weighted by Crippen LogP contribution is 2.21. The minimum atomic E-state index is -0.463. The van der Waals surface area contributed by atoms with E-state index in [4.69, 9.17) is 9.47 Å². The van der Waals surface area contributed by atoms with Gasteiger partial charge in [0, 0.05) is 11.3 Å². The number of esters is 2. The van der Waals surface area contributed by atoms with Crippen molar-refractivity contribution in [3.8, 4) is 5.69 Å². The number of carbonyl (C=O) groups is 3. The van der Waals surface area contributed by atoms with Crippen molar-refractivity contribution in [3.63, 3.8) is 0 Å². The highest BCUT2D eigenvalue weighted by atomic mass is 16.5. The average Bonchev–Trinajstić information content (AvgIpc) is 3.16. The van der Waals surface area contributed by atoms with E-state index in [1.807, 2.05) is 0 Å². The molecule has 1 heterocycles. The van der Waals surface area contributed by atoms with Crippen molar-refractivity contribution in [2.45, 2.75) is 20.8 Å². The molecular weight excluding hydrogens is 398 g/mol. The first-order valence-electron chi connectivity index (χ1n) is 9.68. The summed E-state index contributed by atoms with van der Waals surface area (Å²) in [5.74, 6) is -1.21. The summed E-state index contributed by atoms with van der Waals surface area (Å²) >= 11 is 0. The zero-order valence-electron chi connectivity index (χ0n) is 17.8. The van der Waals surface area contributed by atoms with Crippen LogP contribution in [0.1, 0.15) is 49.3 Å². The Morgan fingerprint density at radius 2 is 1.71 bits per heavy atom. The number of amides is 1. The largest absolute Gasteiger partial charge is 0.465 e. The number of benzene rings is 2. The lowest BCUT2D eigenvalue weighted by molar-refractivity contribution is 0.0524. The fourth-order valence-electron chi connectivity index (χ4n) is 3.13. The number of rotatable bonds is 6. The monoisotopic (exact) mass is 421 g/mol. The first-order valence-corrected chi connectivity index (χ1v) is 9.68. The Kier molecular flexibility index (Phi) is 6.49. The van der Waals surface area contributed by atoms with Crippen molar-refractivity contribution in [2.75, 3.05) is 19.0 Å². The molecular formula is C23H23N3O5. The van der Waals surface area contributed by atoms with Crippen molar-refractivity contribution in [1.29, 1.82) is 0 Å². The zero-order valence-corrected chi connectivity index (χ0v) is 17.8. The van der Waals surface area contributed by atoms with Crippen molar-refractivity contribution in [1.82, 2.24) is 9.78 Å². The molecule has 0 aliphatic rings. The van der Waals surface area contributed by atoms with Crippen LogP contribution in [0.15, 0.2) is 48.7 Å². The van der Waals surface area contributed by atoms with Gasteiger partial charge >= 0.3 is 11.9 Å². The van der Waals surface area contributed by atoms with Crippen molar-refractivity contribution >= 4 is 23.5 Å². The van der Waals surface area contributed by atoms with E-state index in [-0.39, 0.29) is 12.5 Å². The molecule has 0 fully saturated rings. The van der Waals surface area contributed by atoms with Crippen LogP contribution in [0, 0.1) is 13.8 Å². The number of hydrogen-bond donors (Lipinski definition) is 1. The Bertz CT molecular complexity index is 1130. The first kappa shape index (κ1) is 21.8. The van der Waals surface area contributed by atoms with Crippen LogP contribution in [-0.4, -0.2) is 41.3 Å². The summed E-state index contributed by atoms with van der Waals surface area (Å²) in [6.45, 7) is 5.55.